The Morgan fingerprint density at radius 2 is 1.68 bits per heavy atom. The van der Waals surface area contributed by atoms with Crippen molar-refractivity contribution in [1.82, 2.24) is 4.90 Å². The summed E-state index contributed by atoms with van der Waals surface area (Å²) < 4.78 is 5.98. The number of hydrogen-bond donors (Lipinski definition) is 0. The molecule has 0 saturated carbocycles. The molecule has 1 aliphatic rings. The molecule has 0 aliphatic carbocycles. The Morgan fingerprint density at radius 3 is 2.45 bits per heavy atom. The second-order valence-corrected chi connectivity index (χ2v) is 5.65. The topological polar surface area (TPSA) is 12.5 Å². The Hall–Kier alpha value is -1.77. The number of fused-ring (bicyclic) bond motifs is 2. The van der Waals surface area contributed by atoms with Gasteiger partial charge < -0.3 is 22.0 Å². The molecular weight excluding hydrogens is 294 g/mol. The van der Waals surface area contributed by atoms with Crippen molar-refractivity contribution in [2.45, 2.75) is 13.0 Å². The van der Waals surface area contributed by atoms with E-state index < -0.39 is 0 Å². The summed E-state index contributed by atoms with van der Waals surface area (Å²) >= 11 is 0. The minimum Gasteiger partial charge on any atom is -1.00 e. The first-order valence-corrected chi connectivity index (χ1v) is 7.41. The van der Waals surface area contributed by atoms with Gasteiger partial charge in [0.2, 0.25) is 0 Å². The van der Waals surface area contributed by atoms with E-state index >= 15 is 0 Å². The molecule has 0 N–H and O–H groups in total. The quantitative estimate of drug-likeness (QED) is 0.837. The first kappa shape index (κ1) is 16.6. The molecule has 0 radical (unpaired) electrons. The standard InChI is InChI=1S/C19H21NO.ClH/c1-20(2)13-7-11-17-16-9-4-3-8-15(16)14-21-19-12-6-5-10-18(17)19;/h3-6,8-12H,7,13-14H2,1-2H3;1H/p-1/b17-11-;. The van der Waals surface area contributed by atoms with Crippen molar-refractivity contribution < 1.29 is 17.1 Å². The van der Waals surface area contributed by atoms with Crippen molar-refractivity contribution in [1.29, 1.82) is 0 Å². The lowest BCUT2D eigenvalue weighted by atomic mass is 9.93. The van der Waals surface area contributed by atoms with Crippen LogP contribution in [-0.4, -0.2) is 25.5 Å². The minimum atomic E-state index is 0. The average molecular weight is 315 g/mol. The van der Waals surface area contributed by atoms with Crippen molar-refractivity contribution in [3.05, 3.63) is 71.3 Å². The van der Waals surface area contributed by atoms with Crippen LogP contribution in [0.3, 0.4) is 0 Å². The molecule has 0 atom stereocenters. The second kappa shape index (κ2) is 7.48. The Bertz CT molecular complexity index is 614. The number of para-hydroxylation sites is 1. The van der Waals surface area contributed by atoms with E-state index in [2.05, 4.69) is 67.5 Å². The summed E-state index contributed by atoms with van der Waals surface area (Å²) in [5.74, 6) is 0.977. The highest BCUT2D eigenvalue weighted by Gasteiger charge is 2.17. The summed E-state index contributed by atoms with van der Waals surface area (Å²) in [5, 5.41) is 0. The number of nitrogens with zero attached hydrogens (tertiary/aromatic N) is 1. The Kier molecular flexibility index (Phi) is 5.64. The summed E-state index contributed by atoms with van der Waals surface area (Å²) in [4.78, 5) is 2.21. The molecule has 2 aromatic carbocycles. The summed E-state index contributed by atoms with van der Waals surface area (Å²) in [6.07, 6.45) is 3.37. The number of benzene rings is 2. The van der Waals surface area contributed by atoms with Gasteiger partial charge in [0.1, 0.15) is 12.4 Å². The van der Waals surface area contributed by atoms with Gasteiger partial charge in [-0.2, -0.15) is 0 Å². The van der Waals surface area contributed by atoms with Gasteiger partial charge in [-0.3, -0.25) is 0 Å². The lowest BCUT2D eigenvalue weighted by molar-refractivity contribution is -0.00000462. The van der Waals surface area contributed by atoms with Crippen LogP contribution in [-0.2, 0) is 6.61 Å². The van der Waals surface area contributed by atoms with E-state index in [1.54, 1.807) is 0 Å². The van der Waals surface area contributed by atoms with E-state index in [-0.39, 0.29) is 12.4 Å². The summed E-state index contributed by atoms with van der Waals surface area (Å²) in [6.45, 7) is 1.69. The van der Waals surface area contributed by atoms with Crippen LogP contribution >= 0.6 is 0 Å². The summed E-state index contributed by atoms with van der Waals surface area (Å²) in [7, 11) is 4.22. The maximum atomic E-state index is 5.98. The molecule has 0 saturated heterocycles. The van der Waals surface area contributed by atoms with Crippen LogP contribution < -0.4 is 17.1 Å². The predicted octanol–water partition coefficient (Wildman–Crippen LogP) is 0.966. The number of ether oxygens (including phenoxy) is 1. The average Bonchev–Trinajstić information content (AvgIpc) is 2.65. The Labute approximate surface area is 138 Å². The van der Waals surface area contributed by atoms with Crippen LogP contribution in [0.1, 0.15) is 23.1 Å². The maximum absolute atomic E-state index is 5.98. The van der Waals surface area contributed by atoms with Gasteiger partial charge in [-0.15, -0.1) is 0 Å². The van der Waals surface area contributed by atoms with Gasteiger partial charge in [-0.25, -0.2) is 0 Å². The van der Waals surface area contributed by atoms with Crippen molar-refractivity contribution in [2.24, 2.45) is 0 Å². The molecule has 0 bridgehead atoms. The summed E-state index contributed by atoms with van der Waals surface area (Å²) in [6, 6.07) is 16.9. The minimum absolute atomic E-state index is 0. The third-order valence-electron chi connectivity index (χ3n) is 3.79. The van der Waals surface area contributed by atoms with E-state index in [1.807, 2.05) is 6.07 Å². The third-order valence-corrected chi connectivity index (χ3v) is 3.79. The highest BCUT2D eigenvalue weighted by Crippen LogP contribution is 2.36. The van der Waals surface area contributed by atoms with Gasteiger partial charge in [0, 0.05) is 12.1 Å². The highest BCUT2D eigenvalue weighted by atomic mass is 35.5. The van der Waals surface area contributed by atoms with E-state index in [4.69, 9.17) is 4.74 Å². The van der Waals surface area contributed by atoms with Crippen LogP contribution in [0.15, 0.2) is 54.6 Å². The van der Waals surface area contributed by atoms with Crippen molar-refractivity contribution in [3.8, 4) is 5.75 Å². The number of hydrogen-bond acceptors (Lipinski definition) is 2. The smallest absolute Gasteiger partial charge is 0.127 e. The maximum Gasteiger partial charge on any atom is 0.127 e. The van der Waals surface area contributed by atoms with Gasteiger partial charge in [0.25, 0.3) is 0 Å². The lowest BCUT2D eigenvalue weighted by Gasteiger charge is -2.12. The van der Waals surface area contributed by atoms with Gasteiger partial charge in [-0.05, 0) is 43.3 Å². The van der Waals surface area contributed by atoms with Gasteiger partial charge in [-0.1, -0.05) is 48.5 Å². The molecule has 0 aromatic heterocycles. The zero-order valence-electron chi connectivity index (χ0n) is 13.1. The van der Waals surface area contributed by atoms with Crippen molar-refractivity contribution in [3.63, 3.8) is 0 Å². The van der Waals surface area contributed by atoms with E-state index in [9.17, 15) is 0 Å². The molecule has 2 nitrogen and oxygen atoms in total. The molecule has 0 unspecified atom stereocenters. The van der Waals surface area contributed by atoms with Crippen molar-refractivity contribution in [2.75, 3.05) is 20.6 Å². The van der Waals surface area contributed by atoms with Gasteiger partial charge in [0.05, 0.1) is 0 Å². The highest BCUT2D eigenvalue weighted by molar-refractivity contribution is 5.84. The fraction of sp³-hybridized carbons (Fsp3) is 0.263. The van der Waals surface area contributed by atoms with E-state index in [0.717, 1.165) is 18.7 Å². The molecule has 22 heavy (non-hydrogen) atoms. The molecule has 116 valence electrons. The largest absolute Gasteiger partial charge is 1.00 e. The van der Waals surface area contributed by atoms with Gasteiger partial charge >= 0.3 is 0 Å². The summed E-state index contributed by atoms with van der Waals surface area (Å²) in [5.41, 5.74) is 5.03. The van der Waals surface area contributed by atoms with Gasteiger partial charge in [0.15, 0.2) is 0 Å². The molecule has 0 fully saturated rings. The van der Waals surface area contributed by atoms with E-state index in [1.165, 1.54) is 22.3 Å². The van der Waals surface area contributed by atoms with Crippen LogP contribution in [0.5, 0.6) is 5.75 Å². The second-order valence-electron chi connectivity index (χ2n) is 5.65. The number of halogens is 1. The molecule has 3 heteroatoms. The zero-order chi connectivity index (χ0) is 14.7. The first-order chi connectivity index (χ1) is 10.3. The fourth-order valence-electron chi connectivity index (χ4n) is 2.71. The SMILES string of the molecule is CN(C)CC/C=C1/c2ccccc2COc2ccccc21.[Cl-]. The number of rotatable bonds is 3. The molecule has 1 heterocycles. The van der Waals surface area contributed by atoms with E-state index in [0.29, 0.717) is 6.61 Å². The first-order valence-electron chi connectivity index (χ1n) is 7.41. The fourth-order valence-corrected chi connectivity index (χ4v) is 2.71. The third kappa shape index (κ3) is 3.52. The van der Waals surface area contributed by atoms with Crippen LogP contribution in [0, 0.1) is 0 Å². The van der Waals surface area contributed by atoms with Crippen LogP contribution in [0.25, 0.3) is 5.57 Å². The zero-order valence-corrected chi connectivity index (χ0v) is 13.8. The molecule has 3 rings (SSSR count). The van der Waals surface area contributed by atoms with Crippen molar-refractivity contribution >= 4 is 5.57 Å². The predicted molar refractivity (Wildman–Crippen MR) is 87.5 cm³/mol. The van der Waals surface area contributed by atoms with Crippen LogP contribution in [0.4, 0.5) is 0 Å². The lowest BCUT2D eigenvalue weighted by Crippen LogP contribution is -3.00. The molecule has 2 aromatic rings. The Morgan fingerprint density at radius 1 is 1.00 bits per heavy atom. The molecule has 0 amide bonds. The van der Waals surface area contributed by atoms with Crippen LogP contribution in [0.2, 0.25) is 0 Å². The molecule has 0 spiro atoms. The monoisotopic (exact) mass is 314 g/mol. The normalized spacial score (nSPS) is 14.6. The Balaban J connectivity index is 0.00000176. The molecule has 1 aliphatic heterocycles. The molecular formula is C19H21ClNO-.